The van der Waals surface area contributed by atoms with Gasteiger partial charge in [-0.15, -0.1) is 0 Å². The average Bonchev–Trinajstić information content (AvgIpc) is 3.74. The van der Waals surface area contributed by atoms with Crippen molar-refractivity contribution >= 4 is 0 Å². The maximum absolute atomic E-state index is 4.40. The van der Waals surface area contributed by atoms with Crippen molar-refractivity contribution in [1.29, 1.82) is 0 Å². The van der Waals surface area contributed by atoms with Crippen LogP contribution in [0.2, 0.25) is 0 Å². The van der Waals surface area contributed by atoms with Crippen molar-refractivity contribution in [2.45, 2.75) is 158 Å². The fourth-order valence-corrected chi connectivity index (χ4v) is 5.64. The third kappa shape index (κ3) is 11.6. The molecule has 0 N–H and O–H groups in total. The van der Waals surface area contributed by atoms with Crippen molar-refractivity contribution in [3.8, 4) is 0 Å². The number of hydrogen-bond acceptors (Lipinski definition) is 4. The summed E-state index contributed by atoms with van der Waals surface area (Å²) >= 11 is 0. The van der Waals surface area contributed by atoms with Gasteiger partial charge >= 0.3 is 0 Å². The average molecular weight is 637 g/mol. The lowest BCUT2D eigenvalue weighted by atomic mass is 9.98. The van der Waals surface area contributed by atoms with Crippen molar-refractivity contribution in [3.63, 3.8) is 0 Å². The molecule has 0 aliphatic carbocycles. The molecule has 260 valence electrons. The highest BCUT2D eigenvalue weighted by Gasteiger charge is 2.15. The van der Waals surface area contributed by atoms with Crippen LogP contribution < -0.4 is 0 Å². The predicted molar refractivity (Wildman–Crippen MR) is 196 cm³/mol. The van der Waals surface area contributed by atoms with Crippen molar-refractivity contribution in [1.82, 2.24) is 38.4 Å². The summed E-state index contributed by atoms with van der Waals surface area (Å²) in [5.41, 5.74) is 5.36. The second-order valence-corrected chi connectivity index (χ2v) is 14.7. The molecular formula is C38H68N8. The Balaban J connectivity index is 0.000000307. The van der Waals surface area contributed by atoms with Gasteiger partial charge in [-0.1, -0.05) is 83.1 Å². The van der Waals surface area contributed by atoms with E-state index in [-0.39, 0.29) is 0 Å². The molecule has 0 amide bonds. The standard InChI is InChI=1S/2C10H18N2.2C9H16N2/c1-7(2)9-10(8(3)4)12(5)6-11-9;1-7(2)9-6-11-12(5)10(9)8(3)4;2*1-7(2)9-10-5-6-11(9)8(3)4/h2*6-8H,1-5H3;2*5-8H,1-4H3. The third-order valence-electron chi connectivity index (χ3n) is 7.83. The van der Waals surface area contributed by atoms with E-state index in [2.05, 4.69) is 152 Å². The Bertz CT molecular complexity index is 1240. The molecule has 4 rings (SSSR count). The topological polar surface area (TPSA) is 71.3 Å². The summed E-state index contributed by atoms with van der Waals surface area (Å²) in [5, 5.41) is 4.28. The molecule has 0 unspecified atom stereocenters. The lowest BCUT2D eigenvalue weighted by molar-refractivity contribution is 0.550. The monoisotopic (exact) mass is 637 g/mol. The van der Waals surface area contributed by atoms with Gasteiger partial charge in [0.05, 0.1) is 18.2 Å². The summed E-state index contributed by atoms with van der Waals surface area (Å²) in [6, 6.07) is 1.05. The van der Waals surface area contributed by atoms with Gasteiger partial charge in [0.1, 0.15) is 11.6 Å². The molecule has 0 saturated carbocycles. The molecule has 0 fully saturated rings. The largest absolute Gasteiger partial charge is 0.337 e. The molecule has 8 nitrogen and oxygen atoms in total. The first-order valence-corrected chi connectivity index (χ1v) is 17.4. The van der Waals surface area contributed by atoms with Gasteiger partial charge in [0.25, 0.3) is 0 Å². The van der Waals surface area contributed by atoms with Gasteiger partial charge in [-0.25, -0.2) is 15.0 Å². The zero-order valence-electron chi connectivity index (χ0n) is 32.7. The van der Waals surface area contributed by atoms with E-state index in [4.69, 9.17) is 0 Å². The number of imidazole rings is 3. The summed E-state index contributed by atoms with van der Waals surface area (Å²) in [7, 11) is 4.08. The third-order valence-corrected chi connectivity index (χ3v) is 7.83. The van der Waals surface area contributed by atoms with Crippen LogP contribution in [0.25, 0.3) is 0 Å². The van der Waals surface area contributed by atoms with Gasteiger partial charge < -0.3 is 13.7 Å². The van der Waals surface area contributed by atoms with Gasteiger partial charge in [0.15, 0.2) is 0 Å². The zero-order chi connectivity index (χ0) is 35.5. The number of aromatic nitrogens is 8. The highest BCUT2D eigenvalue weighted by atomic mass is 15.3. The minimum atomic E-state index is 0.521. The molecule has 0 atom stereocenters. The van der Waals surface area contributed by atoms with Crippen LogP contribution in [0.4, 0.5) is 0 Å². The van der Waals surface area contributed by atoms with E-state index in [0.717, 1.165) is 0 Å². The highest BCUT2D eigenvalue weighted by Crippen LogP contribution is 2.25. The Hall–Kier alpha value is -3.16. The van der Waals surface area contributed by atoms with Crippen LogP contribution in [-0.2, 0) is 14.1 Å². The molecule has 0 radical (unpaired) electrons. The van der Waals surface area contributed by atoms with Crippen molar-refractivity contribution in [2.75, 3.05) is 0 Å². The first-order chi connectivity index (χ1) is 21.3. The van der Waals surface area contributed by atoms with Crippen molar-refractivity contribution in [2.24, 2.45) is 14.1 Å². The Morgan fingerprint density at radius 3 is 1.20 bits per heavy atom. The second-order valence-electron chi connectivity index (χ2n) is 14.7. The molecule has 46 heavy (non-hydrogen) atoms. The number of hydrogen-bond donors (Lipinski definition) is 0. The second kappa shape index (κ2) is 18.9. The molecule has 8 heteroatoms. The highest BCUT2D eigenvalue weighted by molar-refractivity contribution is 5.24. The smallest absolute Gasteiger partial charge is 0.111 e. The van der Waals surface area contributed by atoms with Crippen LogP contribution in [0.15, 0.2) is 37.3 Å². The van der Waals surface area contributed by atoms with Crippen LogP contribution in [0.1, 0.15) is 193 Å². The zero-order valence-corrected chi connectivity index (χ0v) is 32.7. The Morgan fingerprint density at radius 2 is 0.935 bits per heavy atom. The van der Waals surface area contributed by atoms with Gasteiger partial charge in [0.2, 0.25) is 0 Å². The molecule has 0 aromatic carbocycles. The lowest BCUT2D eigenvalue weighted by Gasteiger charge is -2.13. The maximum Gasteiger partial charge on any atom is 0.111 e. The molecule has 0 spiro atoms. The Labute approximate surface area is 282 Å². The molecule has 4 aromatic rings. The predicted octanol–water partition coefficient (Wildman–Crippen LogP) is 10.5. The number of aryl methyl sites for hydroxylation is 2. The van der Waals surface area contributed by atoms with Crippen LogP contribution in [-0.4, -0.2) is 38.4 Å². The maximum atomic E-state index is 4.40. The molecule has 4 heterocycles. The minimum absolute atomic E-state index is 0.521. The van der Waals surface area contributed by atoms with Crippen LogP contribution in [0.5, 0.6) is 0 Å². The van der Waals surface area contributed by atoms with Crippen LogP contribution in [0, 0.1) is 0 Å². The molecule has 4 aromatic heterocycles. The number of nitrogens with zero attached hydrogens (tertiary/aromatic N) is 8. The van der Waals surface area contributed by atoms with E-state index in [1.807, 2.05) is 49.0 Å². The molecule has 0 saturated heterocycles. The van der Waals surface area contributed by atoms with Gasteiger partial charge in [-0.2, -0.15) is 5.10 Å². The van der Waals surface area contributed by atoms with E-state index < -0.39 is 0 Å². The SMILES string of the molecule is CC(C)c1cnn(C)c1C(C)C.CC(C)c1nccn1C(C)C.CC(C)c1nccn1C(C)C.CC(C)c1ncn(C)c1C(C)C. The summed E-state index contributed by atoms with van der Waals surface area (Å²) in [4.78, 5) is 13.0. The van der Waals surface area contributed by atoms with E-state index in [0.29, 0.717) is 47.6 Å². The van der Waals surface area contributed by atoms with Crippen molar-refractivity contribution < 1.29 is 0 Å². The van der Waals surface area contributed by atoms with E-state index >= 15 is 0 Å². The normalized spacial score (nSPS) is 11.5. The van der Waals surface area contributed by atoms with Crippen LogP contribution >= 0.6 is 0 Å². The van der Waals surface area contributed by atoms with Gasteiger partial charge in [0, 0.05) is 74.2 Å². The summed E-state index contributed by atoms with van der Waals surface area (Å²) in [5.74, 6) is 5.64. The van der Waals surface area contributed by atoms with Crippen molar-refractivity contribution in [3.05, 3.63) is 71.6 Å². The minimum Gasteiger partial charge on any atom is -0.337 e. The molecular weight excluding hydrogens is 568 g/mol. The van der Waals surface area contributed by atoms with Gasteiger partial charge in [-0.05, 0) is 56.9 Å². The first-order valence-electron chi connectivity index (χ1n) is 17.4. The van der Waals surface area contributed by atoms with Crippen LogP contribution in [0.3, 0.4) is 0 Å². The summed E-state index contributed by atoms with van der Waals surface area (Å²) < 4.78 is 8.54. The summed E-state index contributed by atoms with van der Waals surface area (Å²) in [6.07, 6.45) is 11.7. The number of rotatable bonds is 8. The fraction of sp³-hybridized carbons (Fsp3) is 0.684. The quantitative estimate of drug-likeness (QED) is 0.193. The first kappa shape index (κ1) is 40.9. The summed E-state index contributed by atoms with van der Waals surface area (Å²) in [6.45, 7) is 35.0. The van der Waals surface area contributed by atoms with E-state index in [1.54, 1.807) is 0 Å². The van der Waals surface area contributed by atoms with Gasteiger partial charge in [-0.3, -0.25) is 4.68 Å². The molecule has 0 aliphatic heterocycles. The lowest BCUT2D eigenvalue weighted by Crippen LogP contribution is -2.06. The Morgan fingerprint density at radius 1 is 0.500 bits per heavy atom. The fourth-order valence-electron chi connectivity index (χ4n) is 5.64. The molecule has 0 bridgehead atoms. The molecule has 0 aliphatic rings. The van der Waals surface area contributed by atoms with E-state index in [9.17, 15) is 0 Å². The Kier molecular flexibility index (Phi) is 16.7. The van der Waals surface area contributed by atoms with E-state index in [1.165, 1.54) is 34.3 Å².